The van der Waals surface area contributed by atoms with Crippen LogP contribution in [0.4, 0.5) is 5.82 Å². The number of likely N-dealkylation sites (N-methyl/N-ethyl adjacent to an activating group) is 1. The van der Waals surface area contributed by atoms with Gasteiger partial charge < -0.3 is 10.2 Å². The standard InChI is InChI=1S/C18H26N4OS/c1-5-7-12-13(6-2)24-18-16(12)17(22(4)11-8-9-11)20-14(21-18)10-15(23)19-3/h11H,5-10H2,1-4H3,(H,19,23). The highest BCUT2D eigenvalue weighted by Crippen LogP contribution is 2.39. The van der Waals surface area contributed by atoms with Gasteiger partial charge in [-0.1, -0.05) is 20.3 Å². The zero-order valence-electron chi connectivity index (χ0n) is 15.0. The average Bonchev–Trinajstić information content (AvgIpc) is 3.37. The Kier molecular flexibility index (Phi) is 5.04. The lowest BCUT2D eigenvalue weighted by atomic mass is 10.1. The maximum absolute atomic E-state index is 11.8. The van der Waals surface area contributed by atoms with Gasteiger partial charge in [0.25, 0.3) is 0 Å². The second-order valence-corrected chi connectivity index (χ2v) is 7.53. The van der Waals surface area contributed by atoms with Gasteiger partial charge in [-0.3, -0.25) is 4.79 Å². The van der Waals surface area contributed by atoms with E-state index >= 15 is 0 Å². The normalized spacial score (nSPS) is 14.2. The lowest BCUT2D eigenvalue weighted by Gasteiger charge is -2.20. The molecule has 130 valence electrons. The van der Waals surface area contributed by atoms with Crippen molar-refractivity contribution in [2.75, 3.05) is 19.0 Å². The van der Waals surface area contributed by atoms with E-state index in [-0.39, 0.29) is 12.3 Å². The van der Waals surface area contributed by atoms with Crippen molar-refractivity contribution in [3.05, 3.63) is 16.3 Å². The Morgan fingerprint density at radius 2 is 2.08 bits per heavy atom. The first-order valence-electron chi connectivity index (χ1n) is 8.83. The topological polar surface area (TPSA) is 58.1 Å². The maximum atomic E-state index is 11.8. The number of nitrogens with one attached hydrogen (secondary N) is 1. The Hall–Kier alpha value is -1.69. The van der Waals surface area contributed by atoms with Crippen molar-refractivity contribution in [2.45, 2.75) is 58.4 Å². The fourth-order valence-corrected chi connectivity index (χ4v) is 4.30. The quantitative estimate of drug-likeness (QED) is 0.837. The second kappa shape index (κ2) is 7.05. The average molecular weight is 347 g/mol. The highest BCUT2D eigenvalue weighted by Gasteiger charge is 2.30. The summed E-state index contributed by atoms with van der Waals surface area (Å²) in [7, 11) is 3.78. The predicted molar refractivity (Wildman–Crippen MR) is 100.0 cm³/mol. The molecule has 2 aromatic rings. The summed E-state index contributed by atoms with van der Waals surface area (Å²) in [4.78, 5) is 26.0. The van der Waals surface area contributed by atoms with Gasteiger partial charge in [-0.2, -0.15) is 0 Å². The van der Waals surface area contributed by atoms with E-state index in [4.69, 9.17) is 9.97 Å². The molecule has 1 saturated carbocycles. The molecule has 1 fully saturated rings. The van der Waals surface area contributed by atoms with Gasteiger partial charge in [-0.05, 0) is 31.2 Å². The monoisotopic (exact) mass is 346 g/mol. The minimum absolute atomic E-state index is 0.0459. The van der Waals surface area contributed by atoms with Gasteiger partial charge in [-0.15, -0.1) is 11.3 Å². The van der Waals surface area contributed by atoms with Crippen LogP contribution in [0.5, 0.6) is 0 Å². The minimum Gasteiger partial charge on any atom is -0.359 e. The molecule has 0 aromatic carbocycles. The largest absolute Gasteiger partial charge is 0.359 e. The Morgan fingerprint density at radius 1 is 1.33 bits per heavy atom. The Balaban J connectivity index is 2.16. The summed E-state index contributed by atoms with van der Waals surface area (Å²) in [6.07, 6.45) is 5.88. The van der Waals surface area contributed by atoms with Crippen molar-refractivity contribution in [3.8, 4) is 0 Å². The van der Waals surface area contributed by atoms with E-state index in [1.54, 1.807) is 18.4 Å². The number of hydrogen-bond donors (Lipinski definition) is 1. The van der Waals surface area contributed by atoms with Crippen LogP contribution >= 0.6 is 11.3 Å². The summed E-state index contributed by atoms with van der Waals surface area (Å²) in [5.74, 6) is 1.59. The molecule has 2 aromatic heterocycles. The number of carbonyl (C=O) groups excluding carboxylic acids is 1. The lowest BCUT2D eigenvalue weighted by Crippen LogP contribution is -2.24. The van der Waals surface area contributed by atoms with E-state index in [1.807, 2.05) is 0 Å². The molecule has 1 aliphatic rings. The summed E-state index contributed by atoms with van der Waals surface area (Å²) >= 11 is 1.77. The van der Waals surface area contributed by atoms with Crippen LogP contribution in [0.25, 0.3) is 10.2 Å². The lowest BCUT2D eigenvalue weighted by molar-refractivity contribution is -0.120. The van der Waals surface area contributed by atoms with E-state index in [1.165, 1.54) is 28.7 Å². The van der Waals surface area contributed by atoms with E-state index < -0.39 is 0 Å². The first-order valence-corrected chi connectivity index (χ1v) is 9.65. The van der Waals surface area contributed by atoms with Gasteiger partial charge in [0.2, 0.25) is 5.91 Å². The molecule has 0 aliphatic heterocycles. The predicted octanol–water partition coefficient (Wildman–Crippen LogP) is 3.09. The van der Waals surface area contributed by atoms with Crippen LogP contribution in [0.15, 0.2) is 0 Å². The molecule has 6 heteroatoms. The van der Waals surface area contributed by atoms with E-state index in [0.29, 0.717) is 11.9 Å². The zero-order valence-corrected chi connectivity index (χ0v) is 15.8. The smallest absolute Gasteiger partial charge is 0.227 e. The third-order valence-electron chi connectivity index (χ3n) is 4.61. The van der Waals surface area contributed by atoms with Crippen molar-refractivity contribution in [1.29, 1.82) is 0 Å². The van der Waals surface area contributed by atoms with Gasteiger partial charge in [0.1, 0.15) is 16.5 Å². The van der Waals surface area contributed by atoms with Crippen molar-refractivity contribution >= 4 is 33.3 Å². The van der Waals surface area contributed by atoms with Crippen LogP contribution in [-0.2, 0) is 24.1 Å². The summed E-state index contributed by atoms with van der Waals surface area (Å²) in [5, 5.41) is 3.88. The molecule has 1 aliphatic carbocycles. The maximum Gasteiger partial charge on any atom is 0.227 e. The Morgan fingerprint density at radius 3 is 2.67 bits per heavy atom. The molecule has 2 heterocycles. The minimum atomic E-state index is -0.0459. The van der Waals surface area contributed by atoms with Crippen molar-refractivity contribution in [3.63, 3.8) is 0 Å². The van der Waals surface area contributed by atoms with Crippen LogP contribution < -0.4 is 10.2 Å². The highest BCUT2D eigenvalue weighted by atomic mass is 32.1. The van der Waals surface area contributed by atoms with Crippen molar-refractivity contribution in [1.82, 2.24) is 15.3 Å². The van der Waals surface area contributed by atoms with E-state index in [0.717, 1.165) is 29.9 Å². The third-order valence-corrected chi connectivity index (χ3v) is 5.88. The Bertz CT molecular complexity index is 751. The SMILES string of the molecule is CCCc1c(CC)sc2nc(CC(=O)NC)nc(N(C)C3CC3)c12. The van der Waals surface area contributed by atoms with Crippen LogP contribution in [-0.4, -0.2) is 36.0 Å². The zero-order chi connectivity index (χ0) is 17.3. The molecular formula is C18H26N4OS. The van der Waals surface area contributed by atoms with Crippen LogP contribution in [0, 0.1) is 0 Å². The first-order chi connectivity index (χ1) is 11.6. The van der Waals surface area contributed by atoms with E-state index in [9.17, 15) is 4.79 Å². The van der Waals surface area contributed by atoms with Gasteiger partial charge in [0, 0.05) is 25.0 Å². The number of anilines is 1. The van der Waals surface area contributed by atoms with Gasteiger partial charge in [0.05, 0.1) is 11.8 Å². The van der Waals surface area contributed by atoms with Crippen LogP contribution in [0.2, 0.25) is 0 Å². The number of hydrogen-bond acceptors (Lipinski definition) is 5. The molecule has 0 unspecified atom stereocenters. The number of aromatic nitrogens is 2. The molecular weight excluding hydrogens is 320 g/mol. The number of thiophene rings is 1. The summed E-state index contributed by atoms with van der Waals surface area (Å²) in [6.45, 7) is 4.42. The fraction of sp³-hybridized carbons (Fsp3) is 0.611. The summed E-state index contributed by atoms with van der Waals surface area (Å²) in [5.41, 5.74) is 1.41. The third kappa shape index (κ3) is 3.24. The Labute approximate surface area is 147 Å². The number of nitrogens with zero attached hydrogens (tertiary/aromatic N) is 3. The fourth-order valence-electron chi connectivity index (χ4n) is 3.13. The molecule has 0 radical (unpaired) electrons. The molecule has 1 N–H and O–H groups in total. The van der Waals surface area contributed by atoms with Crippen molar-refractivity contribution in [2.24, 2.45) is 0 Å². The summed E-state index contributed by atoms with van der Waals surface area (Å²) < 4.78 is 0. The number of fused-ring (bicyclic) bond motifs is 1. The molecule has 0 saturated heterocycles. The molecule has 24 heavy (non-hydrogen) atoms. The molecule has 3 rings (SSSR count). The van der Waals surface area contributed by atoms with Crippen molar-refractivity contribution < 1.29 is 4.79 Å². The van der Waals surface area contributed by atoms with Gasteiger partial charge >= 0.3 is 0 Å². The van der Waals surface area contributed by atoms with Gasteiger partial charge in [0.15, 0.2) is 0 Å². The van der Waals surface area contributed by atoms with E-state index in [2.05, 4.69) is 31.1 Å². The first kappa shape index (κ1) is 17.1. The molecule has 0 spiro atoms. The number of carbonyl (C=O) groups is 1. The molecule has 0 bridgehead atoms. The highest BCUT2D eigenvalue weighted by molar-refractivity contribution is 7.19. The van der Waals surface area contributed by atoms with Crippen LogP contribution in [0.3, 0.4) is 0 Å². The van der Waals surface area contributed by atoms with Gasteiger partial charge in [-0.25, -0.2) is 9.97 Å². The molecule has 0 atom stereocenters. The molecule has 5 nitrogen and oxygen atoms in total. The molecule has 1 amide bonds. The number of rotatable bonds is 7. The second-order valence-electron chi connectivity index (χ2n) is 6.44. The number of amides is 1. The number of aryl methyl sites for hydroxylation is 2. The van der Waals surface area contributed by atoms with Crippen LogP contribution in [0.1, 0.15) is 49.4 Å². The summed E-state index contributed by atoms with van der Waals surface area (Å²) in [6, 6.07) is 0.579.